The molecule has 3 N–H and O–H groups in total. The first-order valence-corrected chi connectivity index (χ1v) is 11.8. The Morgan fingerprint density at radius 3 is 1.57 bits per heavy atom. The zero-order chi connectivity index (χ0) is 29.1. The van der Waals surface area contributed by atoms with E-state index in [0.29, 0.717) is 5.56 Å². The lowest BCUT2D eigenvalue weighted by Gasteiger charge is -2.37. The minimum atomic E-state index is -4.76. The number of benzene rings is 4. The van der Waals surface area contributed by atoms with Crippen LogP contribution in [0, 0.1) is 0 Å². The van der Waals surface area contributed by atoms with Gasteiger partial charge >= 0.3 is 12.4 Å². The highest BCUT2D eigenvalue weighted by molar-refractivity contribution is 5.95. The fraction of sp³-hybridized carbons (Fsp3) is 0.138. The summed E-state index contributed by atoms with van der Waals surface area (Å²) < 4.78 is 82.5. The topological polar surface area (TPSA) is 72.8 Å². The van der Waals surface area contributed by atoms with Gasteiger partial charge in [-0.05, 0) is 65.2 Å². The predicted octanol–water partition coefficient (Wildman–Crippen LogP) is 7.23. The third kappa shape index (κ3) is 6.27. The van der Waals surface area contributed by atoms with Crippen molar-refractivity contribution >= 4 is 11.6 Å². The first-order valence-electron chi connectivity index (χ1n) is 11.8. The quantitative estimate of drug-likeness (QED) is 0.165. The molecule has 0 aliphatic carbocycles. The van der Waals surface area contributed by atoms with E-state index in [-0.39, 0.29) is 34.0 Å². The Morgan fingerprint density at radius 2 is 1.12 bits per heavy atom. The van der Waals surface area contributed by atoms with Crippen LogP contribution in [-0.4, -0.2) is 16.3 Å². The Morgan fingerprint density at radius 1 is 0.650 bits per heavy atom. The van der Waals surface area contributed by atoms with Crippen molar-refractivity contribution in [1.82, 2.24) is 5.32 Å². The summed E-state index contributed by atoms with van der Waals surface area (Å²) in [4.78, 5) is 13.5. The largest absolute Gasteiger partial charge is 0.416 e. The Balaban J connectivity index is 1.96. The van der Waals surface area contributed by atoms with Crippen LogP contribution in [-0.2, 0) is 24.3 Å². The second kappa shape index (κ2) is 11.0. The number of hydrogen-bond acceptors (Lipinski definition) is 4. The van der Waals surface area contributed by atoms with Gasteiger partial charge in [0.1, 0.15) is 0 Å². The molecule has 0 saturated carbocycles. The van der Waals surface area contributed by atoms with Crippen LogP contribution in [0.15, 0.2) is 103 Å². The highest BCUT2D eigenvalue weighted by atomic mass is 19.4. The van der Waals surface area contributed by atoms with E-state index in [4.69, 9.17) is 0 Å². The fourth-order valence-corrected chi connectivity index (χ4v) is 4.40. The van der Waals surface area contributed by atoms with Crippen molar-refractivity contribution in [2.45, 2.75) is 24.3 Å². The molecule has 0 aromatic heterocycles. The standard InChI is InChI=1S/C29H22F6N2O3/c30-28(31,32)23-10-4-8-21(16-23)27(18-19-6-2-1-3-7-19,22-9-5-11-24(17-22)29(33,34)35)36-26(38)20-12-14-25(15-13-20)37(39)40/h1-17,39-40H,18H2,(H,36,38). The molecule has 4 aromatic rings. The molecule has 0 fully saturated rings. The van der Waals surface area contributed by atoms with Gasteiger partial charge in [-0.25, -0.2) is 0 Å². The Labute approximate surface area is 224 Å². The van der Waals surface area contributed by atoms with Gasteiger partial charge in [-0.2, -0.15) is 26.3 Å². The van der Waals surface area contributed by atoms with Crippen LogP contribution < -0.4 is 10.5 Å². The van der Waals surface area contributed by atoms with Crippen LogP contribution in [0.4, 0.5) is 32.0 Å². The smallest absolute Gasteiger partial charge is 0.338 e. The molecule has 0 aliphatic rings. The molecule has 0 unspecified atom stereocenters. The molecule has 0 saturated heterocycles. The molecule has 4 aromatic carbocycles. The number of nitrogens with zero attached hydrogens (tertiary/aromatic N) is 1. The summed E-state index contributed by atoms with van der Waals surface area (Å²) in [5.41, 5.74) is -3.73. The predicted molar refractivity (Wildman–Crippen MR) is 134 cm³/mol. The van der Waals surface area contributed by atoms with Gasteiger partial charge in [0.25, 0.3) is 5.91 Å². The van der Waals surface area contributed by atoms with Crippen LogP contribution in [0.25, 0.3) is 0 Å². The van der Waals surface area contributed by atoms with Crippen molar-refractivity contribution in [2.24, 2.45) is 0 Å². The number of carbonyl (C=O) groups excluding carboxylic acids is 1. The normalized spacial score (nSPS) is 12.2. The average molecular weight is 560 g/mol. The highest BCUT2D eigenvalue weighted by Crippen LogP contribution is 2.40. The first-order chi connectivity index (χ1) is 18.8. The van der Waals surface area contributed by atoms with Gasteiger partial charge in [0, 0.05) is 12.0 Å². The van der Waals surface area contributed by atoms with Gasteiger partial charge in [-0.15, -0.1) is 5.23 Å². The van der Waals surface area contributed by atoms with Gasteiger partial charge < -0.3 is 5.32 Å². The number of amides is 1. The van der Waals surface area contributed by atoms with Crippen LogP contribution in [0.3, 0.4) is 0 Å². The van der Waals surface area contributed by atoms with Crippen molar-refractivity contribution in [1.29, 1.82) is 0 Å². The number of alkyl halides is 6. The fourth-order valence-electron chi connectivity index (χ4n) is 4.40. The Bertz CT molecular complexity index is 1410. The maximum Gasteiger partial charge on any atom is 0.416 e. The van der Waals surface area contributed by atoms with E-state index in [1.54, 1.807) is 30.3 Å². The van der Waals surface area contributed by atoms with Gasteiger partial charge in [0.05, 0.1) is 22.4 Å². The van der Waals surface area contributed by atoms with Crippen LogP contribution in [0.1, 0.15) is 38.2 Å². The number of halogens is 6. The third-order valence-corrected chi connectivity index (χ3v) is 6.36. The lowest BCUT2D eigenvalue weighted by molar-refractivity contribution is -0.138. The van der Waals surface area contributed by atoms with E-state index >= 15 is 0 Å². The lowest BCUT2D eigenvalue weighted by Crippen LogP contribution is -2.49. The molecule has 11 heteroatoms. The molecule has 5 nitrogen and oxygen atoms in total. The van der Waals surface area contributed by atoms with E-state index < -0.39 is 34.9 Å². The number of rotatable bonds is 7. The minimum Gasteiger partial charge on any atom is -0.338 e. The first kappa shape index (κ1) is 28.7. The summed E-state index contributed by atoms with van der Waals surface area (Å²) in [7, 11) is 0. The minimum absolute atomic E-state index is 0.0259. The second-order valence-electron chi connectivity index (χ2n) is 9.02. The molecular weight excluding hydrogens is 538 g/mol. The summed E-state index contributed by atoms with van der Waals surface area (Å²) in [6, 6.07) is 21.3. The zero-order valence-electron chi connectivity index (χ0n) is 20.5. The van der Waals surface area contributed by atoms with Crippen molar-refractivity contribution in [2.75, 3.05) is 5.23 Å². The molecule has 208 valence electrons. The van der Waals surface area contributed by atoms with Gasteiger partial charge in [-0.3, -0.25) is 15.2 Å². The van der Waals surface area contributed by atoms with E-state index in [9.17, 15) is 41.6 Å². The number of anilines is 1. The van der Waals surface area contributed by atoms with Gasteiger partial charge in [0.2, 0.25) is 0 Å². The molecular formula is C29H22F6N2O3. The summed E-state index contributed by atoms with van der Waals surface area (Å²) in [6.45, 7) is 0. The highest BCUT2D eigenvalue weighted by Gasteiger charge is 2.41. The maximum atomic E-state index is 13.8. The van der Waals surface area contributed by atoms with E-state index in [0.717, 1.165) is 36.4 Å². The van der Waals surface area contributed by atoms with Crippen LogP contribution in [0.2, 0.25) is 0 Å². The summed E-state index contributed by atoms with van der Waals surface area (Å²) in [5.74, 6) is -0.820. The van der Waals surface area contributed by atoms with E-state index in [1.165, 1.54) is 36.4 Å². The second-order valence-corrected chi connectivity index (χ2v) is 9.02. The average Bonchev–Trinajstić information content (AvgIpc) is 2.92. The van der Waals surface area contributed by atoms with Crippen molar-refractivity contribution in [3.05, 3.63) is 137 Å². The third-order valence-electron chi connectivity index (χ3n) is 6.36. The summed E-state index contributed by atoms with van der Waals surface area (Å²) >= 11 is 0. The molecule has 0 atom stereocenters. The zero-order valence-corrected chi connectivity index (χ0v) is 20.5. The molecule has 0 aliphatic heterocycles. The van der Waals surface area contributed by atoms with E-state index in [2.05, 4.69) is 5.32 Å². The monoisotopic (exact) mass is 560 g/mol. The summed E-state index contributed by atoms with van der Waals surface area (Å²) in [5, 5.41) is 20.9. The number of hydrogen-bond donors (Lipinski definition) is 3. The van der Waals surface area contributed by atoms with Crippen molar-refractivity contribution in [3.8, 4) is 0 Å². The molecule has 0 spiro atoms. The number of carbonyl (C=O) groups is 1. The molecule has 4 rings (SSSR count). The molecule has 0 bridgehead atoms. The molecule has 40 heavy (non-hydrogen) atoms. The molecule has 0 radical (unpaired) electrons. The maximum absolute atomic E-state index is 13.8. The van der Waals surface area contributed by atoms with Crippen LogP contribution in [0.5, 0.6) is 0 Å². The molecule has 0 heterocycles. The Hall–Kier alpha value is -4.35. The number of nitrogens with one attached hydrogen (secondary N) is 1. The van der Waals surface area contributed by atoms with Crippen molar-refractivity contribution < 1.29 is 41.6 Å². The van der Waals surface area contributed by atoms with Crippen LogP contribution >= 0.6 is 0 Å². The van der Waals surface area contributed by atoms with Gasteiger partial charge in [-0.1, -0.05) is 54.6 Å². The molecule has 1 amide bonds. The SMILES string of the molecule is O=C(NC(Cc1ccccc1)(c1cccc(C(F)(F)F)c1)c1cccc(C(F)(F)F)c1)c1ccc(N(O)O)cc1. The summed E-state index contributed by atoms with van der Waals surface area (Å²) in [6.07, 6.45) is -9.72. The van der Waals surface area contributed by atoms with Crippen molar-refractivity contribution in [3.63, 3.8) is 0 Å². The van der Waals surface area contributed by atoms with E-state index in [1.807, 2.05) is 0 Å². The Kier molecular flexibility index (Phi) is 7.90. The van der Waals surface area contributed by atoms with Gasteiger partial charge in [0.15, 0.2) is 0 Å². The lowest BCUT2D eigenvalue weighted by atomic mass is 9.76.